The number of fused-ring (bicyclic) bond motifs is 1. The summed E-state index contributed by atoms with van der Waals surface area (Å²) < 4.78 is 27.0. The topological polar surface area (TPSA) is 87.4 Å². The second kappa shape index (κ2) is 6.87. The zero-order valence-electron chi connectivity index (χ0n) is 14.8. The van der Waals surface area contributed by atoms with E-state index < -0.39 is 5.97 Å². The van der Waals surface area contributed by atoms with Crippen LogP contribution in [0, 0.1) is 0 Å². The summed E-state index contributed by atoms with van der Waals surface area (Å²) in [5.74, 6) is 0.938. The number of methoxy groups -OCH3 is 4. The molecule has 7 nitrogen and oxygen atoms in total. The highest BCUT2D eigenvalue weighted by Gasteiger charge is 2.25. The third kappa shape index (κ3) is 2.77. The second-order valence-corrected chi connectivity index (χ2v) is 5.38. The third-order valence-corrected chi connectivity index (χ3v) is 4.06. The van der Waals surface area contributed by atoms with Gasteiger partial charge in [-0.2, -0.15) is 0 Å². The first-order valence-corrected chi connectivity index (χ1v) is 7.68. The van der Waals surface area contributed by atoms with Crippen LogP contribution in [0.4, 0.5) is 0 Å². The fraction of sp³-hybridized carbons (Fsp3) is 0.211. The van der Waals surface area contributed by atoms with Crippen LogP contribution >= 0.6 is 0 Å². The van der Waals surface area contributed by atoms with E-state index in [1.165, 1.54) is 28.4 Å². The van der Waals surface area contributed by atoms with Crippen molar-refractivity contribution in [2.24, 2.45) is 0 Å². The number of hydrogen-bond donors (Lipinski definition) is 1. The Kier molecular flexibility index (Phi) is 4.62. The Morgan fingerprint density at radius 2 is 1.54 bits per heavy atom. The Labute approximate surface area is 149 Å². The molecule has 0 radical (unpaired) electrons. The van der Waals surface area contributed by atoms with Crippen LogP contribution in [0.2, 0.25) is 0 Å². The van der Waals surface area contributed by atoms with Gasteiger partial charge in [-0.25, -0.2) is 4.79 Å². The molecule has 0 amide bonds. The molecule has 0 unspecified atom stereocenters. The van der Waals surface area contributed by atoms with Crippen molar-refractivity contribution in [2.45, 2.75) is 0 Å². The molecule has 0 atom stereocenters. The monoisotopic (exact) mass is 358 g/mol. The molecular weight excluding hydrogens is 340 g/mol. The summed E-state index contributed by atoms with van der Waals surface area (Å²) in [7, 11) is 6.01. The number of hydrogen-bond acceptors (Lipinski definition) is 6. The first kappa shape index (κ1) is 17.5. The van der Waals surface area contributed by atoms with Gasteiger partial charge >= 0.3 is 5.97 Å². The lowest BCUT2D eigenvalue weighted by Gasteiger charge is -2.09. The van der Waals surface area contributed by atoms with Crippen LogP contribution < -0.4 is 18.9 Å². The van der Waals surface area contributed by atoms with Gasteiger partial charge in [-0.1, -0.05) is 0 Å². The van der Waals surface area contributed by atoms with Crippen LogP contribution in [0.25, 0.3) is 22.3 Å². The minimum Gasteiger partial charge on any atom is -0.497 e. The van der Waals surface area contributed by atoms with Gasteiger partial charge in [0.2, 0.25) is 0 Å². The third-order valence-electron chi connectivity index (χ3n) is 4.06. The fourth-order valence-corrected chi connectivity index (χ4v) is 2.81. The van der Waals surface area contributed by atoms with Gasteiger partial charge in [-0.3, -0.25) is 0 Å². The molecule has 3 aromatic rings. The molecule has 1 N–H and O–H groups in total. The molecule has 136 valence electrons. The number of carboxylic acids is 1. The van der Waals surface area contributed by atoms with Crippen LogP contribution in [-0.2, 0) is 0 Å². The smallest absolute Gasteiger partial charge is 0.340 e. The summed E-state index contributed by atoms with van der Waals surface area (Å²) in [5, 5.41) is 10.2. The Hall–Kier alpha value is -3.35. The summed E-state index contributed by atoms with van der Waals surface area (Å²) in [6, 6.07) is 8.24. The lowest BCUT2D eigenvalue weighted by Crippen LogP contribution is -1.99. The molecule has 3 rings (SSSR count). The number of furan rings is 1. The molecule has 2 aromatic carbocycles. The molecule has 0 saturated carbocycles. The van der Waals surface area contributed by atoms with Gasteiger partial charge in [0.15, 0.2) is 17.3 Å². The van der Waals surface area contributed by atoms with Gasteiger partial charge in [0.1, 0.15) is 22.6 Å². The van der Waals surface area contributed by atoms with Crippen molar-refractivity contribution in [2.75, 3.05) is 28.4 Å². The van der Waals surface area contributed by atoms with E-state index in [0.717, 1.165) is 0 Å². The lowest BCUT2D eigenvalue weighted by molar-refractivity contribution is 0.0699. The Bertz CT molecular complexity index is 972. The van der Waals surface area contributed by atoms with Crippen molar-refractivity contribution >= 4 is 16.9 Å². The number of rotatable bonds is 6. The van der Waals surface area contributed by atoms with Gasteiger partial charge in [0.05, 0.1) is 34.0 Å². The quantitative estimate of drug-likeness (QED) is 0.716. The average Bonchev–Trinajstić information content (AvgIpc) is 3.04. The van der Waals surface area contributed by atoms with E-state index in [0.29, 0.717) is 39.5 Å². The average molecular weight is 358 g/mol. The van der Waals surface area contributed by atoms with Crippen molar-refractivity contribution < 1.29 is 33.3 Å². The predicted octanol–water partition coefficient (Wildman–Crippen LogP) is 3.83. The van der Waals surface area contributed by atoms with Crippen molar-refractivity contribution in [3.8, 4) is 34.3 Å². The number of ether oxygens (including phenoxy) is 4. The maximum atomic E-state index is 11.9. The number of carbonyl (C=O) groups is 1. The minimum atomic E-state index is -1.12. The molecule has 0 fully saturated rings. The molecular formula is C19H18O7. The molecule has 0 spiro atoms. The van der Waals surface area contributed by atoms with Crippen molar-refractivity contribution in [3.05, 3.63) is 35.9 Å². The normalized spacial score (nSPS) is 10.6. The Morgan fingerprint density at radius 3 is 2.12 bits per heavy atom. The molecule has 26 heavy (non-hydrogen) atoms. The second-order valence-electron chi connectivity index (χ2n) is 5.38. The summed E-state index contributed by atoms with van der Waals surface area (Å²) in [6.07, 6.45) is 0. The number of carboxylic acid groups (broad SMARTS) is 1. The molecule has 0 saturated heterocycles. The van der Waals surface area contributed by atoms with E-state index in [4.69, 9.17) is 23.4 Å². The standard InChI is InChI=1S/C19H18O7/c1-22-10-5-6-11(13(7-10)23-2)18-17(19(20)21)12-8-15(24-3)16(25-4)9-14(12)26-18/h5-9H,1-4H3,(H,20,21). The lowest BCUT2D eigenvalue weighted by atomic mass is 10.0. The van der Waals surface area contributed by atoms with Crippen LogP contribution in [0.15, 0.2) is 34.7 Å². The Balaban J connectivity index is 2.33. The summed E-state index contributed by atoms with van der Waals surface area (Å²) in [5.41, 5.74) is 0.886. The van der Waals surface area contributed by atoms with E-state index in [1.807, 2.05) is 0 Å². The highest BCUT2D eigenvalue weighted by molar-refractivity contribution is 6.09. The van der Waals surface area contributed by atoms with Crippen molar-refractivity contribution in [1.82, 2.24) is 0 Å². The van der Waals surface area contributed by atoms with Crippen LogP contribution in [0.1, 0.15) is 10.4 Å². The van der Waals surface area contributed by atoms with Crippen molar-refractivity contribution in [1.29, 1.82) is 0 Å². The number of benzene rings is 2. The molecule has 1 heterocycles. The molecule has 0 bridgehead atoms. The maximum Gasteiger partial charge on any atom is 0.340 e. The maximum absolute atomic E-state index is 11.9. The first-order chi connectivity index (χ1) is 12.5. The van der Waals surface area contributed by atoms with Gasteiger partial charge in [0, 0.05) is 17.5 Å². The fourth-order valence-electron chi connectivity index (χ4n) is 2.81. The highest BCUT2D eigenvalue weighted by Crippen LogP contribution is 2.43. The predicted molar refractivity (Wildman–Crippen MR) is 94.8 cm³/mol. The largest absolute Gasteiger partial charge is 0.497 e. The summed E-state index contributed by atoms with van der Waals surface area (Å²) >= 11 is 0. The number of aromatic carboxylic acids is 1. The van der Waals surface area contributed by atoms with E-state index in [-0.39, 0.29) is 11.3 Å². The van der Waals surface area contributed by atoms with E-state index >= 15 is 0 Å². The first-order valence-electron chi connectivity index (χ1n) is 7.68. The van der Waals surface area contributed by atoms with Gasteiger partial charge in [-0.05, 0) is 18.2 Å². The van der Waals surface area contributed by atoms with Crippen LogP contribution in [0.5, 0.6) is 23.0 Å². The van der Waals surface area contributed by atoms with E-state index in [2.05, 4.69) is 0 Å². The van der Waals surface area contributed by atoms with Gasteiger partial charge < -0.3 is 28.5 Å². The van der Waals surface area contributed by atoms with E-state index in [9.17, 15) is 9.90 Å². The zero-order chi connectivity index (χ0) is 18.8. The van der Waals surface area contributed by atoms with Crippen LogP contribution in [0.3, 0.4) is 0 Å². The molecule has 0 aliphatic rings. The highest BCUT2D eigenvalue weighted by atomic mass is 16.5. The molecule has 0 aliphatic heterocycles. The van der Waals surface area contributed by atoms with E-state index in [1.54, 1.807) is 30.3 Å². The SMILES string of the molecule is COc1ccc(-c2oc3cc(OC)c(OC)cc3c2C(=O)O)c(OC)c1. The van der Waals surface area contributed by atoms with Crippen molar-refractivity contribution in [3.63, 3.8) is 0 Å². The molecule has 7 heteroatoms. The zero-order valence-corrected chi connectivity index (χ0v) is 14.8. The molecule has 1 aromatic heterocycles. The summed E-state index contributed by atoms with van der Waals surface area (Å²) in [6.45, 7) is 0. The summed E-state index contributed by atoms with van der Waals surface area (Å²) in [4.78, 5) is 11.9. The molecule has 0 aliphatic carbocycles. The van der Waals surface area contributed by atoms with Gasteiger partial charge in [-0.15, -0.1) is 0 Å². The van der Waals surface area contributed by atoms with Gasteiger partial charge in [0.25, 0.3) is 0 Å². The van der Waals surface area contributed by atoms with Crippen LogP contribution in [-0.4, -0.2) is 39.5 Å². The Morgan fingerprint density at radius 1 is 0.885 bits per heavy atom. The minimum absolute atomic E-state index is 0.0180.